The Bertz CT molecular complexity index is 543. The van der Waals surface area contributed by atoms with Crippen molar-refractivity contribution in [3.63, 3.8) is 0 Å². The van der Waals surface area contributed by atoms with E-state index in [2.05, 4.69) is 9.88 Å². The number of hydrogen-bond donors (Lipinski definition) is 1. The lowest BCUT2D eigenvalue weighted by molar-refractivity contribution is 0.281. The fraction of sp³-hybridized carbons (Fsp3) is 0.769. The lowest BCUT2D eigenvalue weighted by Crippen LogP contribution is -2.35. The summed E-state index contributed by atoms with van der Waals surface area (Å²) in [5.74, 6) is 0. The molecule has 0 spiro atoms. The van der Waals surface area contributed by atoms with Crippen LogP contribution in [0, 0.1) is 0 Å². The molecule has 8 heteroatoms. The van der Waals surface area contributed by atoms with Crippen molar-refractivity contribution in [1.29, 1.82) is 0 Å². The Hall–Kier alpha value is -0.960. The first-order valence-corrected chi connectivity index (χ1v) is 8.88. The maximum atomic E-state index is 12.5. The summed E-state index contributed by atoms with van der Waals surface area (Å²) in [5.41, 5.74) is 5.51. The number of nitrogens with zero attached hydrogens (tertiary/aromatic N) is 4. The zero-order chi connectivity index (χ0) is 15.3. The average molecular weight is 315 g/mol. The number of aryl methyl sites for hydroxylation is 1. The van der Waals surface area contributed by atoms with Crippen molar-refractivity contribution in [2.45, 2.75) is 24.3 Å². The molecule has 0 saturated carbocycles. The SMILES string of the molecule is Cn1cnc(S(=O)(=O)N2CCCN(CCCCN)CC2)c1. The van der Waals surface area contributed by atoms with E-state index in [-0.39, 0.29) is 5.03 Å². The molecule has 0 radical (unpaired) electrons. The summed E-state index contributed by atoms with van der Waals surface area (Å²) in [6.45, 7) is 4.52. The molecule has 1 aromatic rings. The molecule has 1 fully saturated rings. The van der Waals surface area contributed by atoms with Crippen LogP contribution < -0.4 is 5.73 Å². The molecular formula is C13H25N5O2S. The Morgan fingerprint density at radius 3 is 2.71 bits per heavy atom. The minimum Gasteiger partial charge on any atom is -0.339 e. The van der Waals surface area contributed by atoms with Gasteiger partial charge in [-0.2, -0.15) is 4.31 Å². The van der Waals surface area contributed by atoms with Crippen LogP contribution in [0.15, 0.2) is 17.6 Å². The number of rotatable bonds is 6. The summed E-state index contributed by atoms with van der Waals surface area (Å²) in [4.78, 5) is 6.30. The molecule has 2 rings (SSSR count). The van der Waals surface area contributed by atoms with Crippen LogP contribution >= 0.6 is 0 Å². The summed E-state index contributed by atoms with van der Waals surface area (Å²) < 4.78 is 28.3. The van der Waals surface area contributed by atoms with Gasteiger partial charge in [0.05, 0.1) is 6.33 Å². The van der Waals surface area contributed by atoms with Crippen molar-refractivity contribution in [1.82, 2.24) is 18.8 Å². The Morgan fingerprint density at radius 2 is 2.05 bits per heavy atom. The highest BCUT2D eigenvalue weighted by molar-refractivity contribution is 7.89. The van der Waals surface area contributed by atoms with E-state index in [0.717, 1.165) is 38.9 Å². The van der Waals surface area contributed by atoms with Crippen LogP contribution in [0.5, 0.6) is 0 Å². The van der Waals surface area contributed by atoms with Gasteiger partial charge in [0.2, 0.25) is 0 Å². The summed E-state index contributed by atoms with van der Waals surface area (Å²) in [5, 5.41) is 0.140. The Balaban J connectivity index is 1.96. The molecule has 0 bridgehead atoms. The second kappa shape index (κ2) is 7.35. The predicted octanol–water partition coefficient (Wildman–Crippen LogP) is -0.145. The smallest absolute Gasteiger partial charge is 0.262 e. The number of aromatic nitrogens is 2. The number of sulfonamides is 1. The third-order valence-electron chi connectivity index (χ3n) is 3.76. The Labute approximate surface area is 126 Å². The van der Waals surface area contributed by atoms with Crippen LogP contribution in [-0.4, -0.2) is 66.4 Å². The normalized spacial score (nSPS) is 18.8. The molecule has 1 aliphatic rings. The van der Waals surface area contributed by atoms with Crippen molar-refractivity contribution in [2.75, 3.05) is 39.3 Å². The van der Waals surface area contributed by atoms with Gasteiger partial charge in [0.15, 0.2) is 5.03 Å². The van der Waals surface area contributed by atoms with Crippen LogP contribution in [0.4, 0.5) is 0 Å². The van der Waals surface area contributed by atoms with E-state index in [9.17, 15) is 8.42 Å². The monoisotopic (exact) mass is 315 g/mol. The first-order chi connectivity index (χ1) is 10.0. The van der Waals surface area contributed by atoms with Gasteiger partial charge in [-0.25, -0.2) is 13.4 Å². The molecule has 2 N–H and O–H groups in total. The lowest BCUT2D eigenvalue weighted by Gasteiger charge is -2.20. The van der Waals surface area contributed by atoms with E-state index in [1.54, 1.807) is 22.1 Å². The molecule has 0 aromatic carbocycles. The van der Waals surface area contributed by atoms with Gasteiger partial charge >= 0.3 is 0 Å². The Morgan fingerprint density at radius 1 is 1.24 bits per heavy atom. The van der Waals surface area contributed by atoms with Crippen LogP contribution in [0.3, 0.4) is 0 Å². The number of imidazole rings is 1. The van der Waals surface area contributed by atoms with Crippen molar-refractivity contribution in [2.24, 2.45) is 12.8 Å². The first kappa shape index (κ1) is 16.4. The first-order valence-electron chi connectivity index (χ1n) is 7.44. The number of unbranched alkanes of at least 4 members (excludes halogenated alkanes) is 1. The zero-order valence-electron chi connectivity index (χ0n) is 12.6. The predicted molar refractivity (Wildman–Crippen MR) is 81.3 cm³/mol. The zero-order valence-corrected chi connectivity index (χ0v) is 13.4. The van der Waals surface area contributed by atoms with Crippen molar-refractivity contribution < 1.29 is 8.42 Å². The summed E-state index contributed by atoms with van der Waals surface area (Å²) in [6, 6.07) is 0. The van der Waals surface area contributed by atoms with Crippen LogP contribution in [0.25, 0.3) is 0 Å². The molecule has 2 heterocycles. The fourth-order valence-corrected chi connectivity index (χ4v) is 3.98. The van der Waals surface area contributed by atoms with E-state index < -0.39 is 10.0 Å². The van der Waals surface area contributed by atoms with Gasteiger partial charge in [-0.3, -0.25) is 0 Å². The standard InChI is InChI=1S/C13H25N5O2S/c1-16-11-13(15-12-16)21(19,20)18-8-4-7-17(9-10-18)6-3-2-5-14/h11-12H,2-10,14H2,1H3. The van der Waals surface area contributed by atoms with E-state index >= 15 is 0 Å². The maximum Gasteiger partial charge on any atom is 0.262 e. The second-order valence-corrected chi connectivity index (χ2v) is 7.36. The third kappa shape index (κ3) is 4.26. The highest BCUT2D eigenvalue weighted by atomic mass is 32.2. The third-order valence-corrected chi connectivity index (χ3v) is 5.55. The highest BCUT2D eigenvalue weighted by Gasteiger charge is 2.28. The summed E-state index contributed by atoms with van der Waals surface area (Å²) in [6.07, 6.45) is 6.02. The fourth-order valence-electron chi connectivity index (χ4n) is 2.55. The van der Waals surface area contributed by atoms with E-state index in [0.29, 0.717) is 19.6 Å². The average Bonchev–Trinajstić information content (AvgIpc) is 2.75. The quantitative estimate of drug-likeness (QED) is 0.738. The minimum atomic E-state index is -3.46. The van der Waals surface area contributed by atoms with Gasteiger partial charge in [0, 0.05) is 32.9 Å². The van der Waals surface area contributed by atoms with E-state index in [4.69, 9.17) is 5.73 Å². The molecular weight excluding hydrogens is 290 g/mol. The molecule has 1 aliphatic heterocycles. The molecule has 0 amide bonds. The van der Waals surface area contributed by atoms with Gasteiger partial charge in [0.25, 0.3) is 10.0 Å². The van der Waals surface area contributed by atoms with Crippen LogP contribution in [-0.2, 0) is 17.1 Å². The highest BCUT2D eigenvalue weighted by Crippen LogP contribution is 2.15. The van der Waals surface area contributed by atoms with E-state index in [1.165, 1.54) is 6.33 Å². The second-order valence-electron chi connectivity index (χ2n) is 5.47. The van der Waals surface area contributed by atoms with Gasteiger partial charge in [-0.15, -0.1) is 0 Å². The van der Waals surface area contributed by atoms with Gasteiger partial charge in [0.1, 0.15) is 0 Å². The summed E-state index contributed by atoms with van der Waals surface area (Å²) >= 11 is 0. The molecule has 0 atom stereocenters. The molecule has 0 aliphatic carbocycles. The molecule has 21 heavy (non-hydrogen) atoms. The summed E-state index contributed by atoms with van der Waals surface area (Å²) in [7, 11) is -1.69. The Kier molecular flexibility index (Phi) is 5.74. The molecule has 120 valence electrons. The largest absolute Gasteiger partial charge is 0.339 e. The van der Waals surface area contributed by atoms with Crippen molar-refractivity contribution in [3.8, 4) is 0 Å². The lowest BCUT2D eigenvalue weighted by atomic mass is 10.3. The van der Waals surface area contributed by atoms with Gasteiger partial charge in [-0.05, 0) is 38.9 Å². The molecule has 1 saturated heterocycles. The number of hydrogen-bond acceptors (Lipinski definition) is 5. The minimum absolute atomic E-state index is 0.140. The number of nitrogens with two attached hydrogens (primary N) is 1. The molecule has 0 unspecified atom stereocenters. The van der Waals surface area contributed by atoms with E-state index in [1.807, 2.05) is 0 Å². The topological polar surface area (TPSA) is 84.5 Å². The van der Waals surface area contributed by atoms with Gasteiger partial charge < -0.3 is 15.2 Å². The van der Waals surface area contributed by atoms with Crippen molar-refractivity contribution >= 4 is 10.0 Å². The van der Waals surface area contributed by atoms with Crippen LogP contribution in [0.1, 0.15) is 19.3 Å². The van der Waals surface area contributed by atoms with Crippen molar-refractivity contribution in [3.05, 3.63) is 12.5 Å². The molecule has 1 aromatic heterocycles. The van der Waals surface area contributed by atoms with Gasteiger partial charge in [-0.1, -0.05) is 0 Å². The maximum absolute atomic E-state index is 12.5. The van der Waals surface area contributed by atoms with Crippen LogP contribution in [0.2, 0.25) is 0 Å². The molecule has 7 nitrogen and oxygen atoms in total.